The number of thiazole rings is 1. The maximum atomic E-state index is 13.9. The number of rotatable bonds is 3. The highest BCUT2D eigenvalue weighted by Crippen LogP contribution is 2.33. The van der Waals surface area contributed by atoms with Gasteiger partial charge in [0.15, 0.2) is 5.65 Å². The molecule has 2 atom stereocenters. The van der Waals surface area contributed by atoms with Crippen molar-refractivity contribution < 1.29 is 4.79 Å². The van der Waals surface area contributed by atoms with Crippen LogP contribution in [0.5, 0.6) is 0 Å². The highest BCUT2D eigenvalue weighted by Gasteiger charge is 2.37. The number of hydrogen-bond donors (Lipinski definition) is 1. The third-order valence-corrected chi connectivity index (χ3v) is 9.99. The molecular formula is C28H33N7O2S. The number of aromatic nitrogens is 3. The molecule has 4 aromatic rings. The Morgan fingerprint density at radius 2 is 1.87 bits per heavy atom. The van der Waals surface area contributed by atoms with Crippen LogP contribution in [0.15, 0.2) is 35.3 Å². The van der Waals surface area contributed by atoms with E-state index in [0.717, 1.165) is 62.2 Å². The van der Waals surface area contributed by atoms with Crippen LogP contribution < -0.4 is 15.6 Å². The van der Waals surface area contributed by atoms with Gasteiger partial charge in [0.25, 0.3) is 5.91 Å². The number of piperidine rings is 2. The van der Waals surface area contributed by atoms with Crippen LogP contribution in [-0.2, 0) is 0 Å². The van der Waals surface area contributed by atoms with Gasteiger partial charge in [-0.25, -0.2) is 4.98 Å². The van der Waals surface area contributed by atoms with Crippen molar-refractivity contribution in [3.63, 3.8) is 0 Å². The van der Waals surface area contributed by atoms with Crippen molar-refractivity contribution in [3.05, 3.63) is 46.2 Å². The zero-order valence-electron chi connectivity index (χ0n) is 21.9. The van der Waals surface area contributed by atoms with Gasteiger partial charge < -0.3 is 20.0 Å². The largest absolute Gasteiger partial charge is 0.349 e. The van der Waals surface area contributed by atoms with Gasteiger partial charge in [-0.15, -0.1) is 11.3 Å². The summed E-state index contributed by atoms with van der Waals surface area (Å²) in [5, 5.41) is 3.55. The van der Waals surface area contributed by atoms with E-state index >= 15 is 0 Å². The molecule has 7 rings (SSSR count). The van der Waals surface area contributed by atoms with Gasteiger partial charge in [-0.1, -0.05) is 12.1 Å². The number of nitrogens with one attached hydrogen (secondary N) is 1. The highest BCUT2D eigenvalue weighted by atomic mass is 32.1. The topological polar surface area (TPSA) is 86.1 Å². The number of carbonyl (C=O) groups is 1. The smallest absolute Gasteiger partial charge is 0.258 e. The van der Waals surface area contributed by atoms with Gasteiger partial charge in [0.2, 0.25) is 11.4 Å². The van der Waals surface area contributed by atoms with E-state index in [-0.39, 0.29) is 22.9 Å². The highest BCUT2D eigenvalue weighted by molar-refractivity contribution is 7.24. The molecule has 0 spiro atoms. The summed E-state index contributed by atoms with van der Waals surface area (Å²) in [6.45, 7) is 4.84. The van der Waals surface area contributed by atoms with E-state index in [0.29, 0.717) is 33.8 Å². The maximum absolute atomic E-state index is 13.9. The molecular weight excluding hydrogens is 498 g/mol. The van der Waals surface area contributed by atoms with Crippen molar-refractivity contribution >= 4 is 49.3 Å². The van der Waals surface area contributed by atoms with Crippen LogP contribution >= 0.6 is 11.3 Å². The summed E-state index contributed by atoms with van der Waals surface area (Å²) in [4.78, 5) is 44.8. The van der Waals surface area contributed by atoms with E-state index in [1.165, 1.54) is 17.8 Å². The average molecular weight is 532 g/mol. The van der Waals surface area contributed by atoms with Crippen LogP contribution in [0.2, 0.25) is 0 Å². The predicted molar refractivity (Wildman–Crippen MR) is 151 cm³/mol. The van der Waals surface area contributed by atoms with E-state index < -0.39 is 0 Å². The molecule has 3 saturated heterocycles. The van der Waals surface area contributed by atoms with Crippen LogP contribution in [0.3, 0.4) is 0 Å². The first kappa shape index (κ1) is 24.0. The van der Waals surface area contributed by atoms with Gasteiger partial charge in [0.1, 0.15) is 10.4 Å². The first-order valence-electron chi connectivity index (χ1n) is 13.7. The summed E-state index contributed by atoms with van der Waals surface area (Å²) >= 11 is 1.48. The predicted octanol–water partition coefficient (Wildman–Crippen LogP) is 2.81. The number of amides is 1. The second kappa shape index (κ2) is 9.29. The molecule has 0 radical (unpaired) electrons. The Morgan fingerprint density at radius 1 is 1.05 bits per heavy atom. The normalized spacial score (nSPS) is 23.5. The van der Waals surface area contributed by atoms with E-state index in [4.69, 9.17) is 4.98 Å². The molecule has 3 aliphatic heterocycles. The lowest BCUT2D eigenvalue weighted by molar-refractivity contribution is 0.0917. The lowest BCUT2D eigenvalue weighted by atomic mass is 9.93. The number of nitrogens with zero attached hydrogens (tertiary/aromatic N) is 6. The lowest BCUT2D eigenvalue weighted by Gasteiger charge is -2.37. The van der Waals surface area contributed by atoms with Crippen molar-refractivity contribution in [2.24, 2.45) is 5.92 Å². The molecule has 0 saturated carbocycles. The Balaban J connectivity index is 1.34. The molecule has 9 nitrogen and oxygen atoms in total. The van der Waals surface area contributed by atoms with Crippen molar-refractivity contribution in [2.75, 3.05) is 51.7 Å². The Bertz CT molecular complexity index is 1610. The van der Waals surface area contributed by atoms with Crippen LogP contribution in [0.4, 0.5) is 5.95 Å². The molecule has 1 amide bonds. The zero-order chi connectivity index (χ0) is 26.0. The number of carbonyl (C=O) groups excluding carboxylic acids is 1. The fourth-order valence-electron chi connectivity index (χ4n) is 6.65. The van der Waals surface area contributed by atoms with Crippen LogP contribution in [0, 0.1) is 5.92 Å². The number of para-hydroxylation sites is 1. The first-order chi connectivity index (χ1) is 18.5. The summed E-state index contributed by atoms with van der Waals surface area (Å²) in [6.07, 6.45) is 5.69. The van der Waals surface area contributed by atoms with Crippen LogP contribution in [0.1, 0.15) is 36.0 Å². The van der Waals surface area contributed by atoms with Gasteiger partial charge in [-0.2, -0.15) is 4.98 Å². The monoisotopic (exact) mass is 531 g/mol. The fourth-order valence-corrected chi connectivity index (χ4v) is 7.83. The molecule has 3 fully saturated rings. The van der Waals surface area contributed by atoms with E-state index in [1.54, 1.807) is 6.20 Å². The van der Waals surface area contributed by atoms with Crippen molar-refractivity contribution in [2.45, 2.75) is 37.8 Å². The average Bonchev–Trinajstić information content (AvgIpc) is 3.50. The SMILES string of the molecule is CN1CCC(NC(=O)c2c(=O)c3cnc(N4CCC5C(CCN5C)C4)nc3n3c2sc2ccccc23)CC1. The van der Waals surface area contributed by atoms with Gasteiger partial charge in [0, 0.05) is 31.4 Å². The number of anilines is 1. The van der Waals surface area contributed by atoms with E-state index in [2.05, 4.69) is 39.1 Å². The Labute approximate surface area is 225 Å². The molecule has 198 valence electrons. The minimum Gasteiger partial charge on any atom is -0.349 e. The maximum Gasteiger partial charge on any atom is 0.258 e. The molecule has 0 aliphatic carbocycles. The number of likely N-dealkylation sites (tertiary alicyclic amines) is 2. The molecule has 0 bridgehead atoms. The number of hydrogen-bond acceptors (Lipinski definition) is 8. The van der Waals surface area contributed by atoms with Gasteiger partial charge >= 0.3 is 0 Å². The standard InChI is InChI=1S/C28H33N7O2S/c1-32-11-8-18(9-12-32)30-26(37)23-24(36)19-15-29-28(34-14-10-20-17(16-34)7-13-33(20)2)31-25(19)35-21-5-3-4-6-22(21)38-27(23)35/h3-6,15,17-18,20H,7-14,16H2,1-2H3,(H,30,37). The number of pyridine rings is 1. The molecule has 3 aromatic heterocycles. The lowest BCUT2D eigenvalue weighted by Crippen LogP contribution is -2.45. The molecule has 1 aromatic carbocycles. The third-order valence-electron chi connectivity index (χ3n) is 8.85. The summed E-state index contributed by atoms with van der Waals surface area (Å²) in [5.74, 6) is 0.980. The molecule has 1 N–H and O–H groups in total. The van der Waals surface area contributed by atoms with Gasteiger partial charge in [-0.05, 0) is 77.5 Å². The van der Waals surface area contributed by atoms with Crippen molar-refractivity contribution in [1.82, 2.24) is 29.5 Å². The molecule has 2 unspecified atom stereocenters. The Kier molecular flexibility index (Phi) is 5.86. The number of fused-ring (bicyclic) bond motifs is 6. The quantitative estimate of drug-likeness (QED) is 0.435. The second-order valence-electron chi connectivity index (χ2n) is 11.2. The molecule has 38 heavy (non-hydrogen) atoms. The van der Waals surface area contributed by atoms with Crippen LogP contribution in [0.25, 0.3) is 26.1 Å². The summed E-state index contributed by atoms with van der Waals surface area (Å²) < 4.78 is 3.02. The minimum atomic E-state index is -0.299. The summed E-state index contributed by atoms with van der Waals surface area (Å²) in [5.41, 5.74) is 1.43. The summed E-state index contributed by atoms with van der Waals surface area (Å²) in [7, 11) is 4.31. The number of benzene rings is 1. The first-order valence-corrected chi connectivity index (χ1v) is 14.5. The summed E-state index contributed by atoms with van der Waals surface area (Å²) in [6, 6.07) is 8.74. The minimum absolute atomic E-state index is 0.0689. The fraction of sp³-hybridized carbons (Fsp3) is 0.500. The van der Waals surface area contributed by atoms with Crippen LogP contribution in [-0.4, -0.2) is 89.0 Å². The third kappa shape index (κ3) is 3.88. The van der Waals surface area contributed by atoms with Crippen molar-refractivity contribution in [3.8, 4) is 0 Å². The molecule has 10 heteroatoms. The Morgan fingerprint density at radius 3 is 2.71 bits per heavy atom. The molecule has 6 heterocycles. The van der Waals surface area contributed by atoms with Crippen molar-refractivity contribution in [1.29, 1.82) is 0 Å². The Hall–Kier alpha value is -3.08. The van der Waals surface area contributed by atoms with E-state index in [9.17, 15) is 9.59 Å². The van der Waals surface area contributed by atoms with Gasteiger partial charge in [0.05, 0.1) is 15.6 Å². The second-order valence-corrected chi connectivity index (χ2v) is 12.2. The van der Waals surface area contributed by atoms with E-state index in [1.807, 2.05) is 28.7 Å². The molecule has 3 aliphatic rings. The zero-order valence-corrected chi connectivity index (χ0v) is 22.7. The van der Waals surface area contributed by atoms with Gasteiger partial charge in [-0.3, -0.25) is 14.0 Å².